The van der Waals surface area contributed by atoms with E-state index in [9.17, 15) is 0 Å². The zero-order valence-corrected chi connectivity index (χ0v) is 6.91. The average Bonchev–Trinajstić information content (AvgIpc) is 2.14. The zero-order chi connectivity index (χ0) is 8.65. The third-order valence-corrected chi connectivity index (χ3v) is 1.17. The van der Waals surface area contributed by atoms with Gasteiger partial charge in [-0.25, -0.2) is 0 Å². The van der Waals surface area contributed by atoms with Crippen LogP contribution in [0, 0.1) is 12.2 Å². The van der Waals surface area contributed by atoms with Crippen LogP contribution in [-0.4, -0.2) is 6.61 Å². The third kappa shape index (κ3) is 2.98. The van der Waals surface area contributed by atoms with E-state index in [-0.39, 0.29) is 0 Å². The summed E-state index contributed by atoms with van der Waals surface area (Å²) < 4.78 is 9.79. The summed E-state index contributed by atoms with van der Waals surface area (Å²) in [6.07, 6.45) is 4.84. The number of hydrogen-bond donors (Lipinski definition) is 0. The van der Waals surface area contributed by atoms with Gasteiger partial charge in [0, 0.05) is 0 Å². The monoisotopic (exact) mass is 162 g/mol. The molecule has 2 heteroatoms. The number of ether oxygens (including phenoxy) is 2. The van der Waals surface area contributed by atoms with Crippen LogP contribution in [0.25, 0.3) is 0 Å². The minimum atomic E-state index is 0.575. The highest BCUT2D eigenvalue weighted by molar-refractivity contribution is 5.22. The Balaban J connectivity index is 2.40. The van der Waals surface area contributed by atoms with Crippen molar-refractivity contribution in [2.24, 2.45) is 0 Å². The van der Waals surface area contributed by atoms with Crippen molar-refractivity contribution in [3.05, 3.63) is 30.3 Å². The first kappa shape index (κ1) is 8.48. The molecule has 0 radical (unpaired) electrons. The topological polar surface area (TPSA) is 18.5 Å². The first-order valence-corrected chi connectivity index (χ1v) is 3.77. The lowest BCUT2D eigenvalue weighted by Gasteiger charge is -1.93. The maximum Gasteiger partial charge on any atom is 0.161 e. The van der Waals surface area contributed by atoms with Crippen molar-refractivity contribution in [1.82, 2.24) is 0 Å². The summed E-state index contributed by atoms with van der Waals surface area (Å²) in [5.74, 6) is 0.727. The van der Waals surface area contributed by atoms with E-state index in [2.05, 4.69) is 12.2 Å². The molecule has 0 aliphatic rings. The summed E-state index contributed by atoms with van der Waals surface area (Å²) in [5.41, 5.74) is 0. The molecule has 0 N–H and O–H groups in total. The average molecular weight is 162 g/mol. The largest absolute Gasteiger partial charge is 0.445 e. The first-order valence-electron chi connectivity index (χ1n) is 3.77. The lowest BCUT2D eigenvalue weighted by molar-refractivity contribution is 0.294. The van der Waals surface area contributed by atoms with Gasteiger partial charge in [-0.2, -0.15) is 0 Å². The van der Waals surface area contributed by atoms with Crippen LogP contribution in [0.15, 0.2) is 30.3 Å². The van der Waals surface area contributed by atoms with Gasteiger partial charge in [0.1, 0.15) is 5.75 Å². The Morgan fingerprint density at radius 3 is 2.58 bits per heavy atom. The molecule has 0 fully saturated rings. The molecule has 0 amide bonds. The van der Waals surface area contributed by atoms with E-state index in [0.29, 0.717) is 6.61 Å². The maximum absolute atomic E-state index is 5.02. The molecule has 0 saturated heterocycles. The normalized spacial score (nSPS) is 8.08. The Morgan fingerprint density at radius 2 is 1.92 bits per heavy atom. The maximum atomic E-state index is 5.02. The predicted octanol–water partition coefficient (Wildman–Crippen LogP) is 2.02. The van der Waals surface area contributed by atoms with Crippen molar-refractivity contribution in [1.29, 1.82) is 0 Å². The minimum Gasteiger partial charge on any atom is -0.445 e. The summed E-state index contributed by atoms with van der Waals surface area (Å²) in [7, 11) is 0. The van der Waals surface area contributed by atoms with Gasteiger partial charge in [0.25, 0.3) is 0 Å². The van der Waals surface area contributed by atoms with Crippen LogP contribution in [0.1, 0.15) is 6.92 Å². The molecule has 0 saturated carbocycles. The Hall–Kier alpha value is -1.62. The van der Waals surface area contributed by atoms with Gasteiger partial charge in [0.05, 0.1) is 6.61 Å². The van der Waals surface area contributed by atoms with Gasteiger partial charge in [-0.05, 0) is 19.1 Å². The summed E-state index contributed by atoms with van der Waals surface area (Å²) in [6, 6.07) is 9.36. The van der Waals surface area contributed by atoms with Crippen molar-refractivity contribution in [2.75, 3.05) is 6.61 Å². The second-order valence-electron chi connectivity index (χ2n) is 2.05. The smallest absolute Gasteiger partial charge is 0.161 e. The standard InChI is InChI=1S/C10H10O2/c1-2-11-8-9-12-10-6-4-3-5-7-10/h3-7H,2H2,1H3. The fraction of sp³-hybridized carbons (Fsp3) is 0.200. The van der Waals surface area contributed by atoms with Gasteiger partial charge in [-0.15, -0.1) is 0 Å². The van der Waals surface area contributed by atoms with Gasteiger partial charge in [0.15, 0.2) is 12.2 Å². The van der Waals surface area contributed by atoms with E-state index in [0.717, 1.165) is 5.75 Å². The van der Waals surface area contributed by atoms with Gasteiger partial charge >= 0.3 is 0 Å². The summed E-state index contributed by atoms with van der Waals surface area (Å²) in [4.78, 5) is 0. The summed E-state index contributed by atoms with van der Waals surface area (Å²) in [5, 5.41) is 0. The highest BCUT2D eigenvalue weighted by Crippen LogP contribution is 2.06. The van der Waals surface area contributed by atoms with E-state index in [1.54, 1.807) is 0 Å². The summed E-state index contributed by atoms with van der Waals surface area (Å²) in [6.45, 7) is 2.45. The van der Waals surface area contributed by atoms with Crippen LogP contribution in [0.2, 0.25) is 0 Å². The molecule has 0 unspecified atom stereocenters. The lowest BCUT2D eigenvalue weighted by atomic mass is 10.3. The molecule has 1 rings (SSSR count). The van der Waals surface area contributed by atoms with E-state index in [1.807, 2.05) is 37.3 Å². The Labute approximate surface area is 72.1 Å². The van der Waals surface area contributed by atoms with Gasteiger partial charge in [0.2, 0.25) is 0 Å². The van der Waals surface area contributed by atoms with Crippen molar-refractivity contribution in [3.63, 3.8) is 0 Å². The molecule has 0 bridgehead atoms. The molecule has 0 heterocycles. The van der Waals surface area contributed by atoms with E-state index in [4.69, 9.17) is 9.47 Å². The zero-order valence-electron chi connectivity index (χ0n) is 6.91. The van der Waals surface area contributed by atoms with Crippen LogP contribution in [0.5, 0.6) is 5.75 Å². The second-order valence-corrected chi connectivity index (χ2v) is 2.05. The Kier molecular flexibility index (Phi) is 3.59. The molecular weight excluding hydrogens is 152 g/mol. The third-order valence-electron chi connectivity index (χ3n) is 1.17. The molecule has 1 aromatic rings. The highest BCUT2D eigenvalue weighted by atomic mass is 16.5. The lowest BCUT2D eigenvalue weighted by Crippen LogP contribution is -1.83. The van der Waals surface area contributed by atoms with Crippen LogP contribution in [-0.2, 0) is 4.74 Å². The fourth-order valence-corrected chi connectivity index (χ4v) is 0.670. The number of rotatable bonds is 2. The SMILES string of the molecule is CCOC#COc1ccccc1. The van der Waals surface area contributed by atoms with Crippen molar-refractivity contribution < 1.29 is 9.47 Å². The molecule has 62 valence electrons. The van der Waals surface area contributed by atoms with Crippen molar-refractivity contribution >= 4 is 0 Å². The molecule has 2 nitrogen and oxygen atoms in total. The van der Waals surface area contributed by atoms with Crippen molar-refractivity contribution in [2.45, 2.75) is 6.92 Å². The van der Waals surface area contributed by atoms with E-state index in [1.165, 1.54) is 0 Å². The molecule has 12 heavy (non-hydrogen) atoms. The molecule has 0 spiro atoms. The minimum absolute atomic E-state index is 0.575. The number of hydrogen-bond acceptors (Lipinski definition) is 2. The van der Waals surface area contributed by atoms with Crippen LogP contribution >= 0.6 is 0 Å². The van der Waals surface area contributed by atoms with Gasteiger partial charge in [-0.1, -0.05) is 18.2 Å². The van der Waals surface area contributed by atoms with Crippen molar-refractivity contribution in [3.8, 4) is 18.0 Å². The highest BCUT2D eigenvalue weighted by Gasteiger charge is 1.84. The van der Waals surface area contributed by atoms with E-state index >= 15 is 0 Å². The fourth-order valence-electron chi connectivity index (χ4n) is 0.670. The van der Waals surface area contributed by atoms with E-state index < -0.39 is 0 Å². The first-order chi connectivity index (χ1) is 5.93. The molecule has 1 aromatic carbocycles. The number of para-hydroxylation sites is 1. The molecule has 0 aromatic heterocycles. The molecule has 0 aliphatic heterocycles. The second kappa shape index (κ2) is 5.09. The van der Waals surface area contributed by atoms with Crippen LogP contribution in [0.3, 0.4) is 0 Å². The van der Waals surface area contributed by atoms with Gasteiger partial charge < -0.3 is 9.47 Å². The quantitative estimate of drug-likeness (QED) is 0.619. The van der Waals surface area contributed by atoms with Crippen LogP contribution < -0.4 is 4.74 Å². The number of benzene rings is 1. The molecule has 0 aliphatic carbocycles. The van der Waals surface area contributed by atoms with Crippen LogP contribution in [0.4, 0.5) is 0 Å². The predicted molar refractivity (Wildman–Crippen MR) is 46.5 cm³/mol. The van der Waals surface area contributed by atoms with Gasteiger partial charge in [-0.3, -0.25) is 0 Å². The molecule has 0 atom stereocenters. The molecular formula is C10H10O2. The Morgan fingerprint density at radius 1 is 1.17 bits per heavy atom. The Bertz CT molecular complexity index is 269. The summed E-state index contributed by atoms with van der Waals surface area (Å²) >= 11 is 0.